The van der Waals surface area contributed by atoms with Crippen LogP contribution in [0, 0.1) is 0 Å². The summed E-state index contributed by atoms with van der Waals surface area (Å²) in [5.41, 5.74) is -1.08. The maximum Gasteiger partial charge on any atom is 0.226 e. The van der Waals surface area contributed by atoms with Gasteiger partial charge in [-0.3, -0.25) is 4.79 Å². The molecule has 0 radical (unpaired) electrons. The van der Waals surface area contributed by atoms with E-state index in [0.717, 1.165) is 6.26 Å². The van der Waals surface area contributed by atoms with E-state index in [4.69, 9.17) is 13.9 Å². The molecular weight excluding hydrogens is 236 g/mol. The molecule has 0 amide bonds. The van der Waals surface area contributed by atoms with Crippen LogP contribution < -0.4 is 5.43 Å². The molecule has 5 heteroatoms. The lowest BCUT2D eigenvalue weighted by molar-refractivity contribution is 0.0801. The summed E-state index contributed by atoms with van der Waals surface area (Å²) < 4.78 is 11.1. The number of aromatic hydroxyl groups is 1. The Hall–Kier alpha value is -1.07. The second kappa shape index (κ2) is 4.66. The second-order valence-electron chi connectivity index (χ2n) is 5.85. The predicted octanol–water partition coefficient (Wildman–Crippen LogP) is 1.90. The minimum Gasteiger partial charge on any atom is -0.502 e. The molecule has 1 heterocycles. The van der Waals surface area contributed by atoms with Gasteiger partial charge in [0.2, 0.25) is 5.43 Å². The lowest BCUT2D eigenvalue weighted by atomic mass is 10.1. The van der Waals surface area contributed by atoms with E-state index in [2.05, 4.69) is 20.8 Å². The lowest BCUT2D eigenvalue weighted by Gasteiger charge is -2.28. The summed E-state index contributed by atoms with van der Waals surface area (Å²) in [6, 6.07) is 1.28. The largest absolute Gasteiger partial charge is 0.502 e. The number of rotatable bonds is 3. The quantitative estimate of drug-likeness (QED) is 0.839. The molecule has 0 aliphatic rings. The first-order valence-corrected chi connectivity index (χ1v) is 6.86. The molecule has 17 heavy (non-hydrogen) atoms. The number of hydrogen-bond donors (Lipinski definition) is 1. The molecule has 0 atom stereocenters. The van der Waals surface area contributed by atoms with E-state index in [1.807, 2.05) is 13.8 Å². The van der Waals surface area contributed by atoms with E-state index >= 15 is 0 Å². The van der Waals surface area contributed by atoms with Gasteiger partial charge >= 0.3 is 0 Å². The Bertz CT molecular complexity index is 443. The van der Waals surface area contributed by atoms with Crippen LogP contribution in [0.25, 0.3) is 0 Å². The van der Waals surface area contributed by atoms with Gasteiger partial charge in [-0.25, -0.2) is 0 Å². The van der Waals surface area contributed by atoms with Crippen LogP contribution in [0.5, 0.6) is 5.75 Å². The van der Waals surface area contributed by atoms with Crippen molar-refractivity contribution in [2.24, 2.45) is 0 Å². The zero-order valence-corrected chi connectivity index (χ0v) is 12.4. The predicted molar refractivity (Wildman–Crippen MR) is 69.0 cm³/mol. The summed E-state index contributed by atoms with van der Waals surface area (Å²) in [5.74, 6) is 0.0645. The van der Waals surface area contributed by atoms with Gasteiger partial charge in [0.25, 0.3) is 0 Å². The molecule has 0 unspecified atom stereocenters. The van der Waals surface area contributed by atoms with Gasteiger partial charge in [0.15, 0.2) is 15.5 Å². The van der Waals surface area contributed by atoms with E-state index in [-0.39, 0.29) is 10.8 Å². The Kier molecular flexibility index (Phi) is 3.83. The van der Waals surface area contributed by atoms with Gasteiger partial charge in [0, 0.05) is 6.07 Å². The van der Waals surface area contributed by atoms with Gasteiger partial charge in [-0.05, 0) is 18.9 Å². The third-order valence-electron chi connectivity index (χ3n) is 2.27. The minimum atomic E-state index is -0.745. The van der Waals surface area contributed by atoms with Crippen molar-refractivity contribution in [3.05, 3.63) is 28.3 Å². The van der Waals surface area contributed by atoms with Crippen LogP contribution in [-0.4, -0.2) is 14.9 Å². The summed E-state index contributed by atoms with van der Waals surface area (Å²) in [7, 11) is -0.745. The van der Waals surface area contributed by atoms with Crippen LogP contribution in [-0.2, 0) is 10.0 Å². The van der Waals surface area contributed by atoms with Gasteiger partial charge in [0.1, 0.15) is 17.6 Å². The summed E-state index contributed by atoms with van der Waals surface area (Å²) >= 11 is 0. The van der Waals surface area contributed by atoms with E-state index in [1.54, 1.807) is 0 Å². The molecule has 1 aromatic heterocycles. The van der Waals surface area contributed by atoms with Crippen LogP contribution in [0.15, 0.2) is 21.5 Å². The zero-order valence-electron chi connectivity index (χ0n) is 11.0. The topological polar surface area (TPSA) is 59.7 Å². The fraction of sp³-hybridized carbons (Fsp3) is 0.583. The highest BCUT2D eigenvalue weighted by Crippen LogP contribution is 2.29. The Morgan fingerprint density at radius 1 is 1.29 bits per heavy atom. The van der Waals surface area contributed by atoms with Crippen molar-refractivity contribution in [1.29, 1.82) is 0 Å². The molecule has 1 aromatic rings. The van der Waals surface area contributed by atoms with Crippen LogP contribution in [0.1, 0.15) is 40.4 Å². The summed E-state index contributed by atoms with van der Waals surface area (Å²) in [6.07, 6.45) is 1.06. The third kappa shape index (κ3) is 4.01. The van der Waals surface area contributed by atoms with E-state index in [0.29, 0.717) is 5.76 Å². The molecule has 1 N–H and O–H groups in total. The van der Waals surface area contributed by atoms with E-state index in [9.17, 15) is 4.79 Å². The van der Waals surface area contributed by atoms with Crippen molar-refractivity contribution in [1.82, 2.24) is 0 Å². The van der Waals surface area contributed by atoms with Gasteiger partial charge in [-0.15, -0.1) is 0 Å². The fourth-order valence-corrected chi connectivity index (χ4v) is 2.12. The molecule has 0 saturated carbocycles. The zero-order chi connectivity index (χ0) is 13.3. The smallest absolute Gasteiger partial charge is 0.226 e. The maximum absolute atomic E-state index is 11.3. The first-order chi connectivity index (χ1) is 7.62. The normalized spacial score (nSPS) is 13.5. The van der Waals surface area contributed by atoms with Crippen molar-refractivity contribution in [3.63, 3.8) is 0 Å². The fourth-order valence-electron chi connectivity index (χ4n) is 1.19. The Morgan fingerprint density at radius 3 is 2.35 bits per heavy atom. The molecule has 4 nitrogen and oxygen atoms in total. The van der Waals surface area contributed by atoms with Crippen molar-refractivity contribution in [2.75, 3.05) is 0 Å². The molecule has 0 fully saturated rings. The molecule has 96 valence electrons. The highest BCUT2D eigenvalue weighted by atomic mass is 28.2. The highest BCUT2D eigenvalue weighted by molar-refractivity contribution is 6.31. The van der Waals surface area contributed by atoms with Crippen molar-refractivity contribution in [3.8, 4) is 5.75 Å². The standard InChI is InChI=1S/C12H20O4Si/c1-11(2,3)17-16-12(4,5)10-6-8(13)9(14)7-15-10/h6-7,14H,17H2,1-5H3. The van der Waals surface area contributed by atoms with E-state index in [1.165, 1.54) is 6.07 Å². The first kappa shape index (κ1) is 14.0. The average molecular weight is 256 g/mol. The van der Waals surface area contributed by atoms with Gasteiger partial charge in [-0.1, -0.05) is 20.8 Å². The Morgan fingerprint density at radius 2 is 1.88 bits per heavy atom. The van der Waals surface area contributed by atoms with Gasteiger partial charge < -0.3 is 13.9 Å². The molecule has 0 aromatic carbocycles. The van der Waals surface area contributed by atoms with Crippen molar-refractivity contribution < 1.29 is 13.9 Å². The van der Waals surface area contributed by atoms with Crippen molar-refractivity contribution >= 4 is 9.76 Å². The van der Waals surface area contributed by atoms with Crippen molar-refractivity contribution in [2.45, 2.75) is 45.3 Å². The van der Waals surface area contributed by atoms with Crippen LogP contribution in [0.2, 0.25) is 5.04 Å². The molecule has 1 rings (SSSR count). The molecule has 0 aliphatic carbocycles. The SMILES string of the molecule is CC(C)(C)[SiH2]OC(C)(C)c1cc(=O)c(O)co1. The molecule has 0 spiro atoms. The van der Waals surface area contributed by atoms with Gasteiger partial charge in [-0.2, -0.15) is 0 Å². The molecule has 0 bridgehead atoms. The molecule has 0 aliphatic heterocycles. The number of hydrogen-bond acceptors (Lipinski definition) is 4. The lowest BCUT2D eigenvalue weighted by Crippen LogP contribution is -2.28. The van der Waals surface area contributed by atoms with Gasteiger partial charge in [0.05, 0.1) is 0 Å². The highest BCUT2D eigenvalue weighted by Gasteiger charge is 2.27. The Labute approximate surface area is 104 Å². The Balaban J connectivity index is 2.89. The second-order valence-corrected chi connectivity index (χ2v) is 8.55. The maximum atomic E-state index is 11.3. The molecule has 0 saturated heterocycles. The summed E-state index contributed by atoms with van der Waals surface area (Å²) in [5, 5.41) is 9.31. The third-order valence-corrected chi connectivity index (χ3v) is 4.00. The van der Waals surface area contributed by atoms with Crippen LogP contribution in [0.4, 0.5) is 0 Å². The van der Waals surface area contributed by atoms with Crippen LogP contribution >= 0.6 is 0 Å². The first-order valence-electron chi connectivity index (χ1n) is 5.58. The summed E-state index contributed by atoms with van der Waals surface area (Å²) in [6.45, 7) is 10.1. The minimum absolute atomic E-state index is 0.175. The van der Waals surface area contributed by atoms with E-state index < -0.39 is 20.8 Å². The average Bonchev–Trinajstić information content (AvgIpc) is 2.18. The van der Waals surface area contributed by atoms with Crippen LogP contribution in [0.3, 0.4) is 0 Å². The summed E-state index contributed by atoms with van der Waals surface area (Å²) in [4.78, 5) is 11.3. The monoisotopic (exact) mass is 256 g/mol. The molecular formula is C12H20O4Si.